The lowest BCUT2D eigenvalue weighted by atomic mass is 9.94. The summed E-state index contributed by atoms with van der Waals surface area (Å²) in [5.74, 6) is -0.335. The predicted molar refractivity (Wildman–Crippen MR) is 145 cm³/mol. The fourth-order valence-electron chi connectivity index (χ4n) is 5.92. The quantitative estimate of drug-likeness (QED) is 0.574. The van der Waals surface area contributed by atoms with Gasteiger partial charge >= 0.3 is 6.09 Å². The van der Waals surface area contributed by atoms with E-state index in [-0.39, 0.29) is 35.4 Å². The van der Waals surface area contributed by atoms with Crippen LogP contribution in [0.5, 0.6) is 0 Å². The summed E-state index contributed by atoms with van der Waals surface area (Å²) in [7, 11) is -0.783. The number of amides is 2. The molecule has 2 amide bonds. The van der Waals surface area contributed by atoms with Crippen molar-refractivity contribution in [1.29, 1.82) is 0 Å². The molecule has 2 aliphatic rings. The Morgan fingerprint density at radius 3 is 1.92 bits per heavy atom. The van der Waals surface area contributed by atoms with Crippen molar-refractivity contribution in [3.05, 3.63) is 60.7 Å². The average molecular weight is 509 g/mol. The van der Waals surface area contributed by atoms with Gasteiger partial charge in [0.2, 0.25) is 5.91 Å². The minimum Gasteiger partial charge on any atom is -0.443 e. The molecule has 0 radical (unpaired) electrons. The molecule has 36 heavy (non-hydrogen) atoms. The smallest absolute Gasteiger partial charge is 0.417 e. The van der Waals surface area contributed by atoms with Crippen LogP contribution in [0.25, 0.3) is 0 Å². The molecule has 2 saturated heterocycles. The van der Waals surface area contributed by atoms with E-state index in [0.29, 0.717) is 6.54 Å². The van der Waals surface area contributed by atoms with Crippen LogP contribution in [0.3, 0.4) is 0 Å². The number of likely N-dealkylation sites (tertiary alicyclic amines) is 2. The maximum atomic E-state index is 13.5. The number of rotatable bonds is 5. The van der Waals surface area contributed by atoms with Gasteiger partial charge in [0, 0.05) is 19.0 Å². The summed E-state index contributed by atoms with van der Waals surface area (Å²) in [6.45, 7) is 13.9. The van der Waals surface area contributed by atoms with Gasteiger partial charge in [0.05, 0.1) is 18.6 Å². The van der Waals surface area contributed by atoms with E-state index in [2.05, 4.69) is 74.2 Å². The highest BCUT2D eigenvalue weighted by molar-refractivity contribution is 6.99. The first kappa shape index (κ1) is 26.6. The number of hydrogen-bond donors (Lipinski definition) is 0. The van der Waals surface area contributed by atoms with Crippen LogP contribution in [-0.4, -0.2) is 68.5 Å². The fraction of sp³-hybridized carbons (Fsp3) is 0.517. The number of carbonyl (C=O) groups excluding carboxylic acids is 2. The van der Waals surface area contributed by atoms with Crippen molar-refractivity contribution in [2.45, 2.75) is 58.2 Å². The van der Waals surface area contributed by atoms with Crippen molar-refractivity contribution < 1.29 is 18.8 Å². The van der Waals surface area contributed by atoms with Gasteiger partial charge in [0.1, 0.15) is 5.60 Å². The Morgan fingerprint density at radius 1 is 0.917 bits per heavy atom. The summed E-state index contributed by atoms with van der Waals surface area (Å²) in [4.78, 5) is 30.3. The van der Waals surface area contributed by atoms with Crippen LogP contribution in [0.2, 0.25) is 5.04 Å². The third-order valence-electron chi connectivity index (χ3n) is 7.41. The molecule has 0 N–H and O–H groups in total. The highest BCUT2D eigenvalue weighted by atomic mass is 28.4. The molecule has 6 nitrogen and oxygen atoms in total. The van der Waals surface area contributed by atoms with Crippen LogP contribution in [-0.2, 0) is 14.0 Å². The summed E-state index contributed by atoms with van der Waals surface area (Å²) in [5.41, 5.74) is -0.685. The van der Waals surface area contributed by atoms with E-state index in [1.807, 2.05) is 40.0 Å². The van der Waals surface area contributed by atoms with Gasteiger partial charge in [0.15, 0.2) is 0 Å². The number of ether oxygens (including phenoxy) is 1. The Balaban J connectivity index is 1.75. The van der Waals surface area contributed by atoms with Gasteiger partial charge in [-0.15, -0.1) is 0 Å². The standard InChI is InChI=1S/C29H40N2O4Si/c1-28(2,3)35-27(33)31-25(23-18-30(7)19-24(23)26(31)32)20-34-36(29(4,5)6,21-14-10-8-11-15-21)22-16-12-9-13-17-22/h8-17,23-25H,18-20H2,1-7H3/t23?,24?,25-/m1/s1. The van der Waals surface area contributed by atoms with Crippen LogP contribution in [0.1, 0.15) is 41.5 Å². The zero-order valence-electron chi connectivity index (χ0n) is 22.7. The Bertz CT molecular complexity index is 1040. The van der Waals surface area contributed by atoms with Crippen molar-refractivity contribution in [2.75, 3.05) is 26.7 Å². The van der Waals surface area contributed by atoms with E-state index in [9.17, 15) is 9.59 Å². The summed E-state index contributed by atoms with van der Waals surface area (Å²) in [6.07, 6.45) is -0.569. The monoisotopic (exact) mass is 508 g/mol. The van der Waals surface area contributed by atoms with E-state index < -0.39 is 20.0 Å². The molecule has 0 aliphatic carbocycles. The third kappa shape index (κ3) is 4.88. The Hall–Kier alpha value is -2.48. The number of fused-ring (bicyclic) bond motifs is 1. The summed E-state index contributed by atoms with van der Waals surface area (Å²) >= 11 is 0. The number of hydrogen-bond acceptors (Lipinski definition) is 5. The normalized spacial score (nSPS) is 23.1. The fourth-order valence-corrected chi connectivity index (χ4v) is 10.5. The second-order valence-electron chi connectivity index (χ2n) is 12.2. The molecule has 4 rings (SSSR count). The molecule has 0 aromatic heterocycles. The van der Waals surface area contributed by atoms with Gasteiger partial charge < -0.3 is 14.1 Å². The van der Waals surface area contributed by atoms with Crippen LogP contribution < -0.4 is 10.4 Å². The molecular weight excluding hydrogens is 468 g/mol. The second-order valence-corrected chi connectivity index (χ2v) is 16.5. The number of imide groups is 1. The molecule has 194 valence electrons. The summed E-state index contributed by atoms with van der Waals surface area (Å²) in [5, 5.41) is 2.16. The molecule has 2 aromatic carbocycles. The molecule has 7 heteroatoms. The molecule has 0 saturated carbocycles. The van der Waals surface area contributed by atoms with Crippen LogP contribution in [0.15, 0.2) is 60.7 Å². The number of benzene rings is 2. The van der Waals surface area contributed by atoms with Crippen LogP contribution in [0.4, 0.5) is 4.79 Å². The molecule has 2 unspecified atom stereocenters. The molecular formula is C29H40N2O4Si. The van der Waals surface area contributed by atoms with E-state index in [1.165, 1.54) is 15.3 Å². The Morgan fingerprint density at radius 2 is 1.44 bits per heavy atom. The van der Waals surface area contributed by atoms with Crippen molar-refractivity contribution in [3.63, 3.8) is 0 Å². The lowest BCUT2D eigenvalue weighted by Crippen LogP contribution is -2.67. The molecule has 2 aliphatic heterocycles. The lowest BCUT2D eigenvalue weighted by molar-refractivity contribution is -0.131. The lowest BCUT2D eigenvalue weighted by Gasteiger charge is -2.44. The van der Waals surface area contributed by atoms with E-state index in [1.54, 1.807) is 0 Å². The van der Waals surface area contributed by atoms with Gasteiger partial charge in [-0.05, 0) is 43.2 Å². The predicted octanol–water partition coefficient (Wildman–Crippen LogP) is 3.89. The summed E-state index contributed by atoms with van der Waals surface area (Å²) < 4.78 is 12.9. The largest absolute Gasteiger partial charge is 0.443 e. The molecule has 2 aromatic rings. The molecule has 0 spiro atoms. The highest BCUT2D eigenvalue weighted by Crippen LogP contribution is 2.41. The van der Waals surface area contributed by atoms with Crippen LogP contribution >= 0.6 is 0 Å². The Labute approximate surface area is 216 Å². The van der Waals surface area contributed by atoms with Crippen molar-refractivity contribution in [3.8, 4) is 0 Å². The number of carbonyl (C=O) groups is 2. The third-order valence-corrected chi connectivity index (χ3v) is 12.4. The average Bonchev–Trinajstić information content (AvgIpc) is 3.29. The zero-order valence-corrected chi connectivity index (χ0v) is 23.7. The van der Waals surface area contributed by atoms with Crippen molar-refractivity contribution >= 4 is 30.7 Å². The molecule has 2 heterocycles. The van der Waals surface area contributed by atoms with E-state index in [4.69, 9.17) is 9.16 Å². The van der Waals surface area contributed by atoms with Crippen molar-refractivity contribution in [1.82, 2.24) is 9.80 Å². The SMILES string of the molecule is CN1CC2C(=O)N(C(=O)OC(C)(C)C)[C@H](CO[Si](c3ccccc3)(c3ccccc3)C(C)(C)C)C2C1. The topological polar surface area (TPSA) is 59.1 Å². The first-order valence-corrected chi connectivity index (χ1v) is 14.8. The minimum absolute atomic E-state index is 0.0215. The highest BCUT2D eigenvalue weighted by Gasteiger charge is 2.57. The maximum Gasteiger partial charge on any atom is 0.417 e. The first-order valence-electron chi connectivity index (χ1n) is 12.8. The minimum atomic E-state index is -2.81. The Kier molecular flexibility index (Phi) is 7.21. The van der Waals surface area contributed by atoms with Gasteiger partial charge in [-0.1, -0.05) is 81.4 Å². The van der Waals surface area contributed by atoms with Gasteiger partial charge in [0.25, 0.3) is 8.32 Å². The molecule has 0 bridgehead atoms. The van der Waals surface area contributed by atoms with Crippen molar-refractivity contribution in [2.24, 2.45) is 11.8 Å². The second kappa shape index (κ2) is 9.76. The molecule has 3 atom stereocenters. The maximum absolute atomic E-state index is 13.5. The summed E-state index contributed by atoms with van der Waals surface area (Å²) in [6, 6.07) is 20.5. The molecule has 2 fully saturated rings. The van der Waals surface area contributed by atoms with Crippen LogP contribution in [0, 0.1) is 11.8 Å². The van der Waals surface area contributed by atoms with Gasteiger partial charge in [-0.2, -0.15) is 0 Å². The van der Waals surface area contributed by atoms with Gasteiger partial charge in [-0.3, -0.25) is 4.79 Å². The number of nitrogens with zero attached hydrogens (tertiary/aromatic N) is 2. The van der Waals surface area contributed by atoms with Gasteiger partial charge in [-0.25, -0.2) is 9.69 Å². The first-order chi connectivity index (χ1) is 16.8. The van der Waals surface area contributed by atoms with E-state index in [0.717, 1.165) is 6.54 Å². The zero-order chi connectivity index (χ0) is 26.3. The van der Waals surface area contributed by atoms with E-state index >= 15 is 0 Å².